The van der Waals surface area contributed by atoms with Gasteiger partial charge in [0.25, 0.3) is 0 Å². The number of nitrogens with one attached hydrogen (secondary N) is 1. The van der Waals surface area contributed by atoms with Gasteiger partial charge in [0.1, 0.15) is 0 Å². The molecule has 18 heavy (non-hydrogen) atoms. The third-order valence-electron chi connectivity index (χ3n) is 4.25. The van der Waals surface area contributed by atoms with E-state index >= 15 is 0 Å². The van der Waals surface area contributed by atoms with Crippen molar-refractivity contribution in [2.24, 2.45) is 0 Å². The standard InChI is InChI=1S/C15H19ClN2/c1-18(2)12-5-3-10(7-12)14-9-17-15-8-11(16)4-6-13(14)15/h4,6,8-10,12,17H,3,5,7H2,1-2H3. The van der Waals surface area contributed by atoms with Crippen LogP contribution in [0.2, 0.25) is 5.02 Å². The molecule has 0 amide bonds. The van der Waals surface area contributed by atoms with Crippen molar-refractivity contribution < 1.29 is 0 Å². The SMILES string of the molecule is CN(C)C1CCC(c2c[nH]c3cc(Cl)ccc23)C1. The quantitative estimate of drug-likeness (QED) is 0.866. The summed E-state index contributed by atoms with van der Waals surface area (Å²) in [6.07, 6.45) is 6.03. The Kier molecular flexibility index (Phi) is 3.08. The number of aromatic nitrogens is 1. The number of aromatic amines is 1. The summed E-state index contributed by atoms with van der Waals surface area (Å²) in [5, 5.41) is 2.14. The molecule has 1 aromatic heterocycles. The Hall–Kier alpha value is -0.990. The highest BCUT2D eigenvalue weighted by molar-refractivity contribution is 6.31. The molecular formula is C15H19ClN2. The molecule has 2 atom stereocenters. The molecule has 2 unspecified atom stereocenters. The maximum atomic E-state index is 6.03. The summed E-state index contributed by atoms with van der Waals surface area (Å²) in [7, 11) is 4.37. The molecule has 96 valence electrons. The summed E-state index contributed by atoms with van der Waals surface area (Å²) in [5.74, 6) is 0.687. The van der Waals surface area contributed by atoms with Crippen LogP contribution in [0.5, 0.6) is 0 Å². The summed E-state index contributed by atoms with van der Waals surface area (Å²) < 4.78 is 0. The van der Waals surface area contributed by atoms with Crippen LogP contribution in [-0.2, 0) is 0 Å². The van der Waals surface area contributed by atoms with E-state index in [1.165, 1.54) is 30.2 Å². The highest BCUT2D eigenvalue weighted by Crippen LogP contribution is 2.39. The van der Waals surface area contributed by atoms with Gasteiger partial charge in [0.05, 0.1) is 0 Å². The summed E-state index contributed by atoms with van der Waals surface area (Å²) in [4.78, 5) is 5.70. The molecule has 0 bridgehead atoms. The molecule has 1 heterocycles. The highest BCUT2D eigenvalue weighted by Gasteiger charge is 2.28. The lowest BCUT2D eigenvalue weighted by Gasteiger charge is -2.18. The second-order valence-corrected chi connectivity index (χ2v) is 6.00. The first-order chi connectivity index (χ1) is 8.65. The van der Waals surface area contributed by atoms with Gasteiger partial charge >= 0.3 is 0 Å². The molecule has 2 aromatic rings. The molecule has 0 saturated heterocycles. The smallest absolute Gasteiger partial charge is 0.0471 e. The topological polar surface area (TPSA) is 19.0 Å². The summed E-state index contributed by atoms with van der Waals surface area (Å²) in [5.41, 5.74) is 2.62. The molecule has 0 radical (unpaired) electrons. The van der Waals surface area contributed by atoms with Gasteiger partial charge in [-0.25, -0.2) is 0 Å². The summed E-state index contributed by atoms with van der Waals surface area (Å²) in [6.45, 7) is 0. The van der Waals surface area contributed by atoms with Crippen LogP contribution in [0.25, 0.3) is 10.9 Å². The second kappa shape index (κ2) is 4.60. The molecule has 1 N–H and O–H groups in total. The number of rotatable bonds is 2. The predicted octanol–water partition coefficient (Wildman–Crippen LogP) is 4.02. The first-order valence-electron chi connectivity index (χ1n) is 6.58. The van der Waals surface area contributed by atoms with E-state index < -0.39 is 0 Å². The van der Waals surface area contributed by atoms with Crippen LogP contribution in [0, 0.1) is 0 Å². The Labute approximate surface area is 113 Å². The predicted molar refractivity (Wildman–Crippen MR) is 77.4 cm³/mol. The maximum absolute atomic E-state index is 6.03. The van der Waals surface area contributed by atoms with Crippen molar-refractivity contribution in [2.45, 2.75) is 31.2 Å². The average molecular weight is 263 g/mol. The Morgan fingerprint density at radius 3 is 2.83 bits per heavy atom. The van der Waals surface area contributed by atoms with Gasteiger partial charge in [-0.15, -0.1) is 0 Å². The van der Waals surface area contributed by atoms with E-state index in [-0.39, 0.29) is 0 Å². The molecule has 3 rings (SSSR count). The molecular weight excluding hydrogens is 244 g/mol. The second-order valence-electron chi connectivity index (χ2n) is 5.56. The molecule has 2 nitrogen and oxygen atoms in total. The Morgan fingerprint density at radius 2 is 2.11 bits per heavy atom. The van der Waals surface area contributed by atoms with E-state index in [1.807, 2.05) is 12.1 Å². The van der Waals surface area contributed by atoms with E-state index in [0.29, 0.717) is 5.92 Å². The molecule has 0 aliphatic heterocycles. The average Bonchev–Trinajstić information content (AvgIpc) is 2.92. The fourth-order valence-corrected chi connectivity index (χ4v) is 3.34. The molecule has 1 aliphatic rings. The van der Waals surface area contributed by atoms with Crippen LogP contribution in [0.3, 0.4) is 0 Å². The lowest BCUT2D eigenvalue weighted by atomic mass is 9.97. The number of H-pyrrole nitrogens is 1. The Bertz CT molecular complexity index is 559. The number of nitrogens with zero attached hydrogens (tertiary/aromatic N) is 1. The zero-order chi connectivity index (χ0) is 12.7. The fourth-order valence-electron chi connectivity index (χ4n) is 3.17. The minimum atomic E-state index is 0.687. The minimum absolute atomic E-state index is 0.687. The van der Waals surface area contributed by atoms with E-state index in [9.17, 15) is 0 Å². The van der Waals surface area contributed by atoms with Crippen molar-refractivity contribution in [1.29, 1.82) is 0 Å². The number of fused-ring (bicyclic) bond motifs is 1. The molecule has 3 heteroatoms. The van der Waals surface area contributed by atoms with E-state index in [1.54, 1.807) is 0 Å². The van der Waals surface area contributed by atoms with Gasteiger partial charge in [0, 0.05) is 28.2 Å². The van der Waals surface area contributed by atoms with Crippen LogP contribution in [-0.4, -0.2) is 30.0 Å². The zero-order valence-electron chi connectivity index (χ0n) is 10.9. The largest absolute Gasteiger partial charge is 0.361 e. The Morgan fingerprint density at radius 1 is 1.28 bits per heavy atom. The third kappa shape index (κ3) is 2.04. The number of hydrogen-bond donors (Lipinski definition) is 1. The maximum Gasteiger partial charge on any atom is 0.0471 e. The van der Waals surface area contributed by atoms with Gasteiger partial charge < -0.3 is 9.88 Å². The van der Waals surface area contributed by atoms with Crippen molar-refractivity contribution >= 4 is 22.5 Å². The van der Waals surface area contributed by atoms with Crippen molar-refractivity contribution in [1.82, 2.24) is 9.88 Å². The highest BCUT2D eigenvalue weighted by atomic mass is 35.5. The van der Waals surface area contributed by atoms with Crippen molar-refractivity contribution in [3.8, 4) is 0 Å². The van der Waals surface area contributed by atoms with Gasteiger partial charge in [-0.05, 0) is 57.0 Å². The number of hydrogen-bond acceptors (Lipinski definition) is 1. The van der Waals surface area contributed by atoms with Gasteiger partial charge in [-0.3, -0.25) is 0 Å². The summed E-state index contributed by atoms with van der Waals surface area (Å²) >= 11 is 6.03. The monoisotopic (exact) mass is 262 g/mol. The van der Waals surface area contributed by atoms with Crippen molar-refractivity contribution in [3.05, 3.63) is 35.0 Å². The van der Waals surface area contributed by atoms with Gasteiger partial charge in [-0.2, -0.15) is 0 Å². The lowest BCUT2D eigenvalue weighted by molar-refractivity contribution is 0.297. The van der Waals surface area contributed by atoms with Gasteiger partial charge in [-0.1, -0.05) is 17.7 Å². The van der Waals surface area contributed by atoms with E-state index in [4.69, 9.17) is 11.6 Å². The van der Waals surface area contributed by atoms with Crippen molar-refractivity contribution in [2.75, 3.05) is 14.1 Å². The van der Waals surface area contributed by atoms with Crippen LogP contribution >= 0.6 is 11.6 Å². The van der Waals surface area contributed by atoms with Gasteiger partial charge in [0.15, 0.2) is 0 Å². The van der Waals surface area contributed by atoms with E-state index in [0.717, 1.165) is 16.6 Å². The lowest BCUT2D eigenvalue weighted by Crippen LogP contribution is -2.24. The molecule has 1 aliphatic carbocycles. The number of benzene rings is 1. The van der Waals surface area contributed by atoms with Crippen LogP contribution in [0.15, 0.2) is 24.4 Å². The zero-order valence-corrected chi connectivity index (χ0v) is 11.7. The first kappa shape index (κ1) is 12.1. The fraction of sp³-hybridized carbons (Fsp3) is 0.467. The Balaban J connectivity index is 1.91. The normalized spacial score (nSPS) is 24.2. The van der Waals surface area contributed by atoms with Crippen LogP contribution in [0.1, 0.15) is 30.7 Å². The molecule has 1 aromatic carbocycles. The van der Waals surface area contributed by atoms with Crippen LogP contribution in [0.4, 0.5) is 0 Å². The van der Waals surface area contributed by atoms with Gasteiger partial charge in [0.2, 0.25) is 0 Å². The van der Waals surface area contributed by atoms with Crippen LogP contribution < -0.4 is 0 Å². The van der Waals surface area contributed by atoms with E-state index in [2.05, 4.69) is 36.2 Å². The molecule has 1 saturated carbocycles. The third-order valence-corrected chi connectivity index (χ3v) is 4.49. The first-order valence-corrected chi connectivity index (χ1v) is 6.96. The molecule has 0 spiro atoms. The number of halogens is 1. The summed E-state index contributed by atoms with van der Waals surface area (Å²) in [6, 6.07) is 6.87. The van der Waals surface area contributed by atoms with Crippen molar-refractivity contribution in [3.63, 3.8) is 0 Å². The molecule has 1 fully saturated rings. The minimum Gasteiger partial charge on any atom is -0.361 e.